The van der Waals surface area contributed by atoms with E-state index in [1.165, 1.54) is 0 Å². The molecular weight excluding hydrogens is 212 g/mol. The average Bonchev–Trinajstić information content (AvgIpc) is 2.43. The second-order valence-electron chi connectivity index (χ2n) is 3.82. The summed E-state index contributed by atoms with van der Waals surface area (Å²) < 4.78 is 5.59. The zero-order chi connectivity index (χ0) is 10.7. The Morgan fingerprint density at radius 1 is 1.60 bits per heavy atom. The summed E-state index contributed by atoms with van der Waals surface area (Å²) in [4.78, 5) is 6.28. The van der Waals surface area contributed by atoms with Crippen LogP contribution in [0.1, 0.15) is 13.3 Å². The number of rotatable bonds is 1. The first kappa shape index (κ1) is 10.7. The molecule has 82 valence electrons. The summed E-state index contributed by atoms with van der Waals surface area (Å²) in [6, 6.07) is 3.89. The summed E-state index contributed by atoms with van der Waals surface area (Å²) in [5, 5.41) is 0.547. The molecule has 1 fully saturated rings. The lowest BCUT2D eigenvalue weighted by atomic mass is 10.3. The van der Waals surface area contributed by atoms with Crippen LogP contribution in [0.4, 0.5) is 5.69 Å². The van der Waals surface area contributed by atoms with Crippen molar-refractivity contribution in [1.29, 1.82) is 0 Å². The summed E-state index contributed by atoms with van der Waals surface area (Å²) in [6.45, 7) is 4.88. The maximum Gasteiger partial charge on any atom is 0.131 e. The first-order chi connectivity index (χ1) is 7.25. The summed E-state index contributed by atoms with van der Waals surface area (Å²) >= 11 is 5.87. The summed E-state index contributed by atoms with van der Waals surface area (Å²) in [5.74, 6) is 0. The van der Waals surface area contributed by atoms with Crippen molar-refractivity contribution in [2.45, 2.75) is 19.4 Å². The lowest BCUT2D eigenvalue weighted by Gasteiger charge is -2.24. The fourth-order valence-electron chi connectivity index (χ4n) is 1.82. The minimum absolute atomic E-state index is 0.277. The first-order valence-corrected chi connectivity index (χ1v) is 5.61. The van der Waals surface area contributed by atoms with Crippen molar-refractivity contribution in [1.82, 2.24) is 4.98 Å². The first-order valence-electron chi connectivity index (χ1n) is 5.24. The van der Waals surface area contributed by atoms with Crippen LogP contribution >= 0.6 is 11.6 Å². The van der Waals surface area contributed by atoms with Crippen LogP contribution in [0.3, 0.4) is 0 Å². The van der Waals surface area contributed by atoms with E-state index >= 15 is 0 Å². The number of pyridine rings is 1. The molecule has 1 aliphatic rings. The summed E-state index contributed by atoms with van der Waals surface area (Å²) in [7, 11) is 0. The zero-order valence-corrected chi connectivity index (χ0v) is 9.57. The minimum atomic E-state index is 0.277. The van der Waals surface area contributed by atoms with E-state index in [2.05, 4.69) is 16.8 Å². The molecular formula is C11H15ClN2O. The Labute approximate surface area is 95.0 Å². The third kappa shape index (κ3) is 2.83. The van der Waals surface area contributed by atoms with Crippen molar-refractivity contribution in [3.63, 3.8) is 0 Å². The fraction of sp³-hybridized carbons (Fsp3) is 0.545. The number of anilines is 1. The molecule has 0 radical (unpaired) electrons. The van der Waals surface area contributed by atoms with Gasteiger partial charge in [0, 0.05) is 31.6 Å². The largest absolute Gasteiger partial charge is 0.377 e. The average molecular weight is 227 g/mol. The van der Waals surface area contributed by atoms with Crippen LogP contribution in [0.5, 0.6) is 0 Å². The monoisotopic (exact) mass is 226 g/mol. The Hall–Kier alpha value is -0.800. The van der Waals surface area contributed by atoms with Gasteiger partial charge < -0.3 is 9.64 Å². The Morgan fingerprint density at radius 2 is 2.47 bits per heavy atom. The second kappa shape index (κ2) is 4.81. The highest BCUT2D eigenvalue weighted by Gasteiger charge is 2.15. The van der Waals surface area contributed by atoms with Crippen LogP contribution in [0, 0.1) is 0 Å². The molecule has 0 aliphatic carbocycles. The quantitative estimate of drug-likeness (QED) is 0.688. The van der Waals surface area contributed by atoms with Crippen molar-refractivity contribution < 1.29 is 4.74 Å². The van der Waals surface area contributed by atoms with Crippen LogP contribution in [-0.2, 0) is 4.74 Å². The molecule has 1 aromatic rings. The van der Waals surface area contributed by atoms with Gasteiger partial charge in [0.25, 0.3) is 0 Å². The predicted octanol–water partition coefficient (Wildman–Crippen LogP) is 2.35. The number of hydrogen-bond donors (Lipinski definition) is 0. The molecule has 4 heteroatoms. The highest BCUT2D eigenvalue weighted by atomic mass is 35.5. The molecule has 1 unspecified atom stereocenters. The van der Waals surface area contributed by atoms with E-state index in [1.54, 1.807) is 6.20 Å². The topological polar surface area (TPSA) is 25.4 Å². The smallest absolute Gasteiger partial charge is 0.131 e. The van der Waals surface area contributed by atoms with E-state index in [0.717, 1.165) is 31.8 Å². The van der Waals surface area contributed by atoms with Gasteiger partial charge in [0.1, 0.15) is 5.15 Å². The molecule has 2 heterocycles. The maximum absolute atomic E-state index is 5.87. The van der Waals surface area contributed by atoms with Crippen molar-refractivity contribution in [3.8, 4) is 0 Å². The third-order valence-electron chi connectivity index (χ3n) is 2.53. The van der Waals surface area contributed by atoms with Gasteiger partial charge in [-0.25, -0.2) is 4.98 Å². The molecule has 15 heavy (non-hydrogen) atoms. The predicted molar refractivity (Wildman–Crippen MR) is 61.5 cm³/mol. The Kier molecular flexibility index (Phi) is 3.44. The van der Waals surface area contributed by atoms with Gasteiger partial charge in [0.15, 0.2) is 0 Å². The third-order valence-corrected chi connectivity index (χ3v) is 2.73. The van der Waals surface area contributed by atoms with E-state index < -0.39 is 0 Å². The van der Waals surface area contributed by atoms with Crippen molar-refractivity contribution in [2.24, 2.45) is 0 Å². The van der Waals surface area contributed by atoms with Crippen LogP contribution in [0.15, 0.2) is 18.3 Å². The number of ether oxygens (including phenoxy) is 1. The second-order valence-corrected chi connectivity index (χ2v) is 4.20. The van der Waals surface area contributed by atoms with Gasteiger partial charge in [0.2, 0.25) is 0 Å². The van der Waals surface area contributed by atoms with Crippen LogP contribution in [-0.4, -0.2) is 30.8 Å². The standard InChI is InChI=1S/C11H15ClN2O/c1-9-8-14(5-2-6-15-9)10-3-4-13-11(12)7-10/h3-4,7,9H,2,5-6,8H2,1H3. The van der Waals surface area contributed by atoms with Gasteiger partial charge in [-0.2, -0.15) is 0 Å². The molecule has 1 aliphatic heterocycles. The van der Waals surface area contributed by atoms with E-state index in [0.29, 0.717) is 5.15 Å². The number of hydrogen-bond acceptors (Lipinski definition) is 3. The molecule has 0 N–H and O–H groups in total. The van der Waals surface area contributed by atoms with E-state index in [-0.39, 0.29) is 6.10 Å². The summed E-state index contributed by atoms with van der Waals surface area (Å²) in [5.41, 5.74) is 1.13. The molecule has 1 aromatic heterocycles. The Morgan fingerprint density at radius 3 is 3.27 bits per heavy atom. The van der Waals surface area contributed by atoms with E-state index in [9.17, 15) is 0 Å². The van der Waals surface area contributed by atoms with Crippen molar-refractivity contribution in [3.05, 3.63) is 23.5 Å². The maximum atomic E-state index is 5.87. The molecule has 0 aromatic carbocycles. The highest BCUT2D eigenvalue weighted by molar-refractivity contribution is 6.29. The Bertz CT molecular complexity index is 332. The van der Waals surface area contributed by atoms with E-state index in [4.69, 9.17) is 16.3 Å². The molecule has 0 spiro atoms. The molecule has 0 saturated carbocycles. The molecule has 0 bridgehead atoms. The SMILES string of the molecule is CC1CN(c2ccnc(Cl)c2)CCCO1. The fourth-order valence-corrected chi connectivity index (χ4v) is 1.99. The Balaban J connectivity index is 2.14. The zero-order valence-electron chi connectivity index (χ0n) is 8.82. The molecule has 3 nitrogen and oxygen atoms in total. The number of nitrogens with zero attached hydrogens (tertiary/aromatic N) is 2. The lowest BCUT2D eigenvalue weighted by molar-refractivity contribution is 0.0821. The van der Waals surface area contributed by atoms with E-state index in [1.807, 2.05) is 12.1 Å². The molecule has 1 atom stereocenters. The van der Waals surface area contributed by atoms with Gasteiger partial charge in [-0.05, 0) is 25.5 Å². The lowest BCUT2D eigenvalue weighted by Crippen LogP contribution is -2.30. The van der Waals surface area contributed by atoms with Gasteiger partial charge in [-0.15, -0.1) is 0 Å². The molecule has 1 saturated heterocycles. The van der Waals surface area contributed by atoms with Crippen LogP contribution in [0.2, 0.25) is 5.15 Å². The molecule has 0 amide bonds. The number of aromatic nitrogens is 1. The molecule has 2 rings (SSSR count). The van der Waals surface area contributed by atoms with Crippen molar-refractivity contribution in [2.75, 3.05) is 24.6 Å². The highest BCUT2D eigenvalue weighted by Crippen LogP contribution is 2.19. The summed E-state index contributed by atoms with van der Waals surface area (Å²) in [6.07, 6.45) is 3.08. The minimum Gasteiger partial charge on any atom is -0.377 e. The number of halogens is 1. The van der Waals surface area contributed by atoms with Gasteiger partial charge in [-0.1, -0.05) is 11.6 Å². The van der Waals surface area contributed by atoms with Crippen LogP contribution < -0.4 is 4.90 Å². The normalized spacial score (nSPS) is 22.5. The van der Waals surface area contributed by atoms with Crippen molar-refractivity contribution >= 4 is 17.3 Å². The van der Waals surface area contributed by atoms with Crippen LogP contribution in [0.25, 0.3) is 0 Å². The van der Waals surface area contributed by atoms with Gasteiger partial charge >= 0.3 is 0 Å². The van der Waals surface area contributed by atoms with Gasteiger partial charge in [-0.3, -0.25) is 0 Å². The van der Waals surface area contributed by atoms with Gasteiger partial charge in [0.05, 0.1) is 6.10 Å².